The molecule has 0 aliphatic carbocycles. The van der Waals surface area contributed by atoms with Crippen LogP contribution < -0.4 is 0 Å². The highest BCUT2D eigenvalue weighted by atomic mass is 16.5. The first-order chi connectivity index (χ1) is 8.15. The predicted octanol–water partition coefficient (Wildman–Crippen LogP) is 2.35. The zero-order valence-electron chi connectivity index (χ0n) is 9.93. The molecule has 0 N–H and O–H groups in total. The lowest BCUT2D eigenvalue weighted by molar-refractivity contribution is -0.146. The molecule has 0 amide bonds. The summed E-state index contributed by atoms with van der Waals surface area (Å²) in [5.74, 6) is 0.632. The Hall–Kier alpha value is -1.84. The SMILES string of the molecule is CC(=O)O[C@H]1CCn2c1nc1ccc(C)cc12. The number of nitrogens with zero attached hydrogens (tertiary/aromatic N) is 2. The maximum atomic E-state index is 11.0. The van der Waals surface area contributed by atoms with Crippen molar-refractivity contribution >= 4 is 17.0 Å². The summed E-state index contributed by atoms with van der Waals surface area (Å²) in [6, 6.07) is 6.19. The lowest BCUT2D eigenvalue weighted by atomic mass is 10.2. The van der Waals surface area contributed by atoms with Crippen molar-refractivity contribution in [3.8, 4) is 0 Å². The van der Waals surface area contributed by atoms with Gasteiger partial charge in [0.25, 0.3) is 0 Å². The first-order valence-electron chi connectivity index (χ1n) is 5.79. The molecule has 88 valence electrons. The van der Waals surface area contributed by atoms with Gasteiger partial charge in [0, 0.05) is 19.9 Å². The third-order valence-electron chi connectivity index (χ3n) is 3.14. The lowest BCUT2D eigenvalue weighted by Crippen LogP contribution is -2.06. The largest absolute Gasteiger partial charge is 0.454 e. The van der Waals surface area contributed by atoms with Gasteiger partial charge < -0.3 is 9.30 Å². The summed E-state index contributed by atoms with van der Waals surface area (Å²) in [6.45, 7) is 4.38. The van der Waals surface area contributed by atoms with E-state index < -0.39 is 0 Å². The highest BCUT2D eigenvalue weighted by Gasteiger charge is 2.28. The van der Waals surface area contributed by atoms with Crippen LogP contribution in [0.5, 0.6) is 0 Å². The number of rotatable bonds is 1. The Balaban J connectivity index is 2.10. The first-order valence-corrected chi connectivity index (χ1v) is 5.79. The molecule has 1 aromatic heterocycles. The second-order valence-electron chi connectivity index (χ2n) is 4.50. The second kappa shape index (κ2) is 3.58. The zero-order chi connectivity index (χ0) is 12.0. The minimum absolute atomic E-state index is 0.180. The molecule has 0 bridgehead atoms. The van der Waals surface area contributed by atoms with Crippen LogP contribution in [0.3, 0.4) is 0 Å². The summed E-state index contributed by atoms with van der Waals surface area (Å²) in [5.41, 5.74) is 3.33. The van der Waals surface area contributed by atoms with Crippen LogP contribution in [0.1, 0.15) is 30.8 Å². The number of ether oxygens (including phenoxy) is 1. The van der Waals surface area contributed by atoms with E-state index in [9.17, 15) is 4.79 Å². The predicted molar refractivity (Wildman–Crippen MR) is 63.6 cm³/mol. The van der Waals surface area contributed by atoms with Crippen LogP contribution in [0.25, 0.3) is 11.0 Å². The molecule has 2 aromatic rings. The number of imidazole rings is 1. The van der Waals surface area contributed by atoms with Gasteiger partial charge in [-0.2, -0.15) is 0 Å². The van der Waals surface area contributed by atoms with Gasteiger partial charge in [0.15, 0.2) is 11.9 Å². The van der Waals surface area contributed by atoms with Gasteiger partial charge in [-0.15, -0.1) is 0 Å². The molecule has 0 saturated heterocycles. The molecule has 1 atom stereocenters. The quantitative estimate of drug-likeness (QED) is 0.706. The molecular formula is C13H14N2O2. The molecule has 2 heterocycles. The molecule has 0 spiro atoms. The number of benzene rings is 1. The van der Waals surface area contributed by atoms with Gasteiger partial charge in [0.05, 0.1) is 11.0 Å². The standard InChI is InChI=1S/C13H14N2O2/c1-8-3-4-10-11(7-8)15-6-5-12(13(15)14-10)17-9(2)16/h3-4,7,12H,5-6H2,1-2H3/t12-/m0/s1. The van der Waals surface area contributed by atoms with Gasteiger partial charge in [-0.3, -0.25) is 4.79 Å². The highest BCUT2D eigenvalue weighted by molar-refractivity contribution is 5.77. The average molecular weight is 230 g/mol. The van der Waals surface area contributed by atoms with E-state index in [0.717, 1.165) is 29.8 Å². The van der Waals surface area contributed by atoms with E-state index in [-0.39, 0.29) is 12.1 Å². The maximum absolute atomic E-state index is 11.0. The van der Waals surface area contributed by atoms with E-state index in [1.807, 2.05) is 12.1 Å². The molecular weight excluding hydrogens is 216 g/mol. The minimum Gasteiger partial charge on any atom is -0.454 e. The molecule has 4 heteroatoms. The van der Waals surface area contributed by atoms with E-state index in [1.165, 1.54) is 12.5 Å². The van der Waals surface area contributed by atoms with E-state index in [0.29, 0.717) is 0 Å². The molecule has 0 fully saturated rings. The van der Waals surface area contributed by atoms with Crippen LogP contribution >= 0.6 is 0 Å². The molecule has 17 heavy (non-hydrogen) atoms. The van der Waals surface area contributed by atoms with E-state index >= 15 is 0 Å². The molecule has 1 aliphatic rings. The van der Waals surface area contributed by atoms with Gasteiger partial charge in [-0.05, 0) is 24.6 Å². The Labute approximate surface area is 99.2 Å². The van der Waals surface area contributed by atoms with Gasteiger partial charge in [-0.25, -0.2) is 4.98 Å². The van der Waals surface area contributed by atoms with Crippen molar-refractivity contribution in [1.29, 1.82) is 0 Å². The summed E-state index contributed by atoms with van der Waals surface area (Å²) in [4.78, 5) is 15.6. The summed E-state index contributed by atoms with van der Waals surface area (Å²) < 4.78 is 7.42. The van der Waals surface area contributed by atoms with Crippen molar-refractivity contribution in [2.24, 2.45) is 0 Å². The number of fused-ring (bicyclic) bond motifs is 3. The van der Waals surface area contributed by atoms with Crippen LogP contribution in [0.15, 0.2) is 18.2 Å². The Morgan fingerprint density at radius 1 is 1.53 bits per heavy atom. The van der Waals surface area contributed by atoms with Crippen LogP contribution in [-0.2, 0) is 16.1 Å². The van der Waals surface area contributed by atoms with Gasteiger partial charge in [0.1, 0.15) is 0 Å². The number of aryl methyl sites for hydroxylation is 2. The number of esters is 1. The van der Waals surface area contributed by atoms with Crippen molar-refractivity contribution in [1.82, 2.24) is 9.55 Å². The van der Waals surface area contributed by atoms with Crippen molar-refractivity contribution in [3.05, 3.63) is 29.6 Å². The fourth-order valence-corrected chi connectivity index (χ4v) is 2.42. The number of hydrogen-bond acceptors (Lipinski definition) is 3. The van der Waals surface area contributed by atoms with Crippen LogP contribution in [0.2, 0.25) is 0 Å². The Morgan fingerprint density at radius 3 is 3.12 bits per heavy atom. The normalized spacial score (nSPS) is 18.4. The fourth-order valence-electron chi connectivity index (χ4n) is 2.42. The van der Waals surface area contributed by atoms with Crippen LogP contribution in [-0.4, -0.2) is 15.5 Å². The van der Waals surface area contributed by atoms with E-state index in [4.69, 9.17) is 4.74 Å². The third kappa shape index (κ3) is 1.60. The van der Waals surface area contributed by atoms with Crippen LogP contribution in [0.4, 0.5) is 0 Å². The summed E-state index contributed by atoms with van der Waals surface area (Å²) in [6.07, 6.45) is 0.645. The Morgan fingerprint density at radius 2 is 2.35 bits per heavy atom. The summed E-state index contributed by atoms with van der Waals surface area (Å²) in [5, 5.41) is 0. The summed E-state index contributed by atoms with van der Waals surface area (Å²) >= 11 is 0. The number of carbonyl (C=O) groups is 1. The molecule has 1 aliphatic heterocycles. The first kappa shape index (κ1) is 10.3. The van der Waals surface area contributed by atoms with Crippen LogP contribution in [0, 0.1) is 6.92 Å². The lowest BCUT2D eigenvalue weighted by Gasteiger charge is -2.07. The van der Waals surface area contributed by atoms with Gasteiger partial charge in [-0.1, -0.05) is 6.07 Å². The van der Waals surface area contributed by atoms with Gasteiger partial charge in [0.2, 0.25) is 0 Å². The van der Waals surface area contributed by atoms with Crippen molar-refractivity contribution in [3.63, 3.8) is 0 Å². The maximum Gasteiger partial charge on any atom is 0.303 e. The Kier molecular flexibility index (Phi) is 2.18. The molecule has 0 unspecified atom stereocenters. The van der Waals surface area contributed by atoms with Gasteiger partial charge >= 0.3 is 5.97 Å². The Bertz CT molecular complexity index is 601. The molecule has 0 radical (unpaired) electrons. The van der Waals surface area contributed by atoms with E-state index in [2.05, 4.69) is 22.5 Å². The van der Waals surface area contributed by atoms with Crippen molar-refractivity contribution < 1.29 is 9.53 Å². The molecule has 3 rings (SSSR count). The van der Waals surface area contributed by atoms with Crippen molar-refractivity contribution in [2.75, 3.05) is 0 Å². The summed E-state index contributed by atoms with van der Waals surface area (Å²) in [7, 11) is 0. The zero-order valence-corrected chi connectivity index (χ0v) is 9.93. The monoisotopic (exact) mass is 230 g/mol. The number of aromatic nitrogens is 2. The molecule has 1 aromatic carbocycles. The fraction of sp³-hybridized carbons (Fsp3) is 0.385. The highest BCUT2D eigenvalue weighted by Crippen LogP contribution is 2.32. The second-order valence-corrected chi connectivity index (χ2v) is 4.50. The number of hydrogen-bond donors (Lipinski definition) is 0. The molecule has 0 saturated carbocycles. The number of carbonyl (C=O) groups excluding carboxylic acids is 1. The smallest absolute Gasteiger partial charge is 0.303 e. The topological polar surface area (TPSA) is 44.1 Å². The van der Waals surface area contributed by atoms with E-state index in [1.54, 1.807) is 0 Å². The average Bonchev–Trinajstić information content (AvgIpc) is 2.78. The molecule has 4 nitrogen and oxygen atoms in total. The van der Waals surface area contributed by atoms with Crippen molar-refractivity contribution in [2.45, 2.75) is 32.9 Å². The minimum atomic E-state index is -0.244. The third-order valence-corrected chi connectivity index (χ3v) is 3.14.